The number of hydrogen-bond acceptors (Lipinski definition) is 6. The van der Waals surface area contributed by atoms with Crippen molar-refractivity contribution in [2.24, 2.45) is 0 Å². The average molecular weight is 299 g/mol. The Hall–Kier alpha value is -2.06. The van der Waals surface area contributed by atoms with Crippen molar-refractivity contribution in [2.45, 2.75) is 18.2 Å². The van der Waals surface area contributed by atoms with E-state index in [1.807, 2.05) is 0 Å². The van der Waals surface area contributed by atoms with E-state index in [1.54, 1.807) is 0 Å². The van der Waals surface area contributed by atoms with Gasteiger partial charge in [-0.3, -0.25) is 0 Å². The Kier molecular flexibility index (Phi) is 3.14. The minimum absolute atomic E-state index is 0.0942. The lowest BCUT2D eigenvalue weighted by Gasteiger charge is -2.37. The van der Waals surface area contributed by atoms with E-state index >= 15 is 0 Å². The summed E-state index contributed by atoms with van der Waals surface area (Å²) in [4.78, 5) is 27.4. The molecule has 2 heterocycles. The van der Waals surface area contributed by atoms with E-state index in [1.165, 1.54) is 19.2 Å². The minimum Gasteiger partial charge on any atom is -0.431 e. The third kappa shape index (κ3) is 1.90. The van der Waals surface area contributed by atoms with Gasteiger partial charge in [-0.1, -0.05) is 17.2 Å². The number of esters is 1. The van der Waals surface area contributed by atoms with Crippen LogP contribution < -0.4 is 0 Å². The van der Waals surface area contributed by atoms with Gasteiger partial charge in [-0.05, 0) is 6.07 Å². The van der Waals surface area contributed by atoms with Crippen LogP contribution in [0.1, 0.15) is 12.0 Å². The number of fused-ring (bicyclic) bond motifs is 1. The fourth-order valence-corrected chi connectivity index (χ4v) is 2.70. The maximum atomic E-state index is 14.1. The first-order valence-corrected chi connectivity index (χ1v) is 6.19. The summed E-state index contributed by atoms with van der Waals surface area (Å²) in [6.45, 7) is 0.160. The van der Waals surface area contributed by atoms with Gasteiger partial charge >= 0.3 is 11.9 Å². The fraction of sp³-hybridized carbons (Fsp3) is 0.385. The van der Waals surface area contributed by atoms with Crippen LogP contribution in [0.3, 0.4) is 0 Å². The molecule has 0 radical (unpaired) electrons. The van der Waals surface area contributed by atoms with Crippen LogP contribution in [0.15, 0.2) is 18.2 Å². The van der Waals surface area contributed by atoms with Crippen LogP contribution in [0.25, 0.3) is 0 Å². The zero-order valence-electron chi connectivity index (χ0n) is 11.0. The van der Waals surface area contributed by atoms with Gasteiger partial charge in [-0.2, -0.15) is 0 Å². The standard InChI is InChI=1S/C13H11F2NO5/c1-19-13(7-3-2-4-8(14)9(7)15)5-6-16-12(13)20-10(17)11(18)21-16/h2-4,12H,5-6H2,1H3. The highest BCUT2D eigenvalue weighted by Crippen LogP contribution is 2.44. The van der Waals surface area contributed by atoms with E-state index in [0.717, 1.165) is 11.1 Å². The van der Waals surface area contributed by atoms with Crippen LogP contribution in [-0.4, -0.2) is 36.9 Å². The molecule has 0 saturated carbocycles. The van der Waals surface area contributed by atoms with Crippen LogP contribution in [0, 0.1) is 11.6 Å². The molecule has 1 aromatic carbocycles. The third-order valence-corrected chi connectivity index (χ3v) is 3.72. The van der Waals surface area contributed by atoms with Crippen LogP contribution in [0.2, 0.25) is 0 Å². The number of hydrogen-bond donors (Lipinski definition) is 0. The molecule has 0 spiro atoms. The number of hydroxylamine groups is 2. The second-order valence-electron chi connectivity index (χ2n) is 4.72. The topological polar surface area (TPSA) is 65.1 Å². The number of rotatable bonds is 2. The number of carbonyl (C=O) groups is 2. The maximum absolute atomic E-state index is 14.1. The quantitative estimate of drug-likeness (QED) is 0.596. The Morgan fingerprint density at radius 2 is 2.10 bits per heavy atom. The molecular formula is C13H11F2NO5. The average Bonchev–Trinajstić information content (AvgIpc) is 2.81. The smallest absolute Gasteiger partial charge is 0.431 e. The monoisotopic (exact) mass is 299 g/mol. The lowest BCUT2D eigenvalue weighted by Crippen LogP contribution is -2.53. The highest BCUT2D eigenvalue weighted by atomic mass is 19.2. The zero-order valence-corrected chi connectivity index (χ0v) is 11.0. The van der Waals surface area contributed by atoms with Crippen molar-refractivity contribution in [3.05, 3.63) is 35.4 Å². The van der Waals surface area contributed by atoms with Crippen molar-refractivity contribution in [1.29, 1.82) is 0 Å². The summed E-state index contributed by atoms with van der Waals surface area (Å²) >= 11 is 0. The largest absolute Gasteiger partial charge is 0.436 e. The lowest BCUT2D eigenvalue weighted by atomic mass is 9.90. The van der Waals surface area contributed by atoms with E-state index in [-0.39, 0.29) is 18.5 Å². The van der Waals surface area contributed by atoms with Crippen molar-refractivity contribution >= 4 is 11.9 Å². The predicted octanol–water partition coefficient (Wildman–Crippen LogP) is 0.853. The third-order valence-electron chi connectivity index (χ3n) is 3.72. The minimum atomic E-state index is -1.44. The van der Waals surface area contributed by atoms with Crippen LogP contribution >= 0.6 is 0 Å². The van der Waals surface area contributed by atoms with Crippen molar-refractivity contribution in [3.8, 4) is 0 Å². The van der Waals surface area contributed by atoms with Crippen LogP contribution in [0.5, 0.6) is 0 Å². The zero-order chi connectivity index (χ0) is 15.2. The SMILES string of the molecule is COC1(c2cccc(F)c2F)CCN2OC(=O)C(=O)OC21. The Balaban J connectivity index is 2.07. The highest BCUT2D eigenvalue weighted by Gasteiger charge is 2.58. The van der Waals surface area contributed by atoms with Gasteiger partial charge in [-0.15, -0.1) is 0 Å². The Morgan fingerprint density at radius 3 is 2.81 bits per heavy atom. The molecule has 6 nitrogen and oxygen atoms in total. The predicted molar refractivity (Wildman–Crippen MR) is 62.3 cm³/mol. The summed E-state index contributed by atoms with van der Waals surface area (Å²) in [6.07, 6.45) is -1.00. The Morgan fingerprint density at radius 1 is 1.33 bits per heavy atom. The summed E-state index contributed by atoms with van der Waals surface area (Å²) in [7, 11) is 1.29. The normalized spacial score (nSPS) is 29.0. The molecule has 0 amide bonds. The van der Waals surface area contributed by atoms with E-state index < -0.39 is 35.4 Å². The summed E-state index contributed by atoms with van der Waals surface area (Å²) < 4.78 is 37.9. The van der Waals surface area contributed by atoms with Crippen LogP contribution in [-0.2, 0) is 29.5 Å². The number of ether oxygens (including phenoxy) is 2. The molecule has 2 unspecified atom stereocenters. The van der Waals surface area contributed by atoms with Gasteiger partial charge in [0.1, 0.15) is 0 Å². The Labute approximate surface area is 118 Å². The van der Waals surface area contributed by atoms with Crippen molar-refractivity contribution in [2.75, 3.05) is 13.7 Å². The molecule has 1 aromatic rings. The second-order valence-corrected chi connectivity index (χ2v) is 4.72. The second kappa shape index (κ2) is 4.74. The molecule has 3 rings (SSSR count). The first-order chi connectivity index (χ1) is 9.99. The Bertz CT molecular complexity index is 623. The van der Waals surface area contributed by atoms with Gasteiger partial charge in [0, 0.05) is 25.6 Å². The lowest BCUT2D eigenvalue weighted by molar-refractivity contribution is -0.279. The number of nitrogens with zero attached hydrogens (tertiary/aromatic N) is 1. The number of halogens is 2. The van der Waals surface area contributed by atoms with Gasteiger partial charge in [0.05, 0.1) is 0 Å². The number of carbonyl (C=O) groups excluding carboxylic acids is 2. The number of benzene rings is 1. The molecule has 21 heavy (non-hydrogen) atoms. The van der Waals surface area contributed by atoms with Gasteiger partial charge in [-0.25, -0.2) is 18.4 Å². The number of methoxy groups -OCH3 is 1. The van der Waals surface area contributed by atoms with E-state index in [2.05, 4.69) is 0 Å². The molecule has 0 bridgehead atoms. The molecule has 8 heteroatoms. The van der Waals surface area contributed by atoms with E-state index in [4.69, 9.17) is 14.3 Å². The van der Waals surface area contributed by atoms with Gasteiger partial charge in [0.25, 0.3) is 0 Å². The summed E-state index contributed by atoms with van der Waals surface area (Å²) in [5, 5.41) is 1.09. The first kappa shape index (κ1) is 13.9. The van der Waals surface area contributed by atoms with Crippen molar-refractivity contribution < 1.29 is 32.7 Å². The molecular weight excluding hydrogens is 288 g/mol. The van der Waals surface area contributed by atoms with Gasteiger partial charge in [0.2, 0.25) is 6.23 Å². The summed E-state index contributed by atoms with van der Waals surface area (Å²) in [6, 6.07) is 3.64. The molecule has 2 atom stereocenters. The molecule has 2 aliphatic heterocycles. The van der Waals surface area contributed by atoms with E-state index in [0.29, 0.717) is 0 Å². The van der Waals surface area contributed by atoms with Gasteiger partial charge < -0.3 is 14.3 Å². The first-order valence-electron chi connectivity index (χ1n) is 6.19. The fourth-order valence-electron chi connectivity index (χ4n) is 2.70. The molecule has 2 aliphatic rings. The maximum Gasteiger partial charge on any atom is 0.436 e. The summed E-state index contributed by atoms with van der Waals surface area (Å²) in [5.41, 5.74) is -1.54. The molecule has 2 saturated heterocycles. The molecule has 0 aromatic heterocycles. The molecule has 0 N–H and O–H groups in total. The van der Waals surface area contributed by atoms with Crippen molar-refractivity contribution in [1.82, 2.24) is 5.06 Å². The van der Waals surface area contributed by atoms with Crippen molar-refractivity contribution in [3.63, 3.8) is 0 Å². The molecule has 112 valence electrons. The van der Waals surface area contributed by atoms with Crippen LogP contribution in [0.4, 0.5) is 8.78 Å². The van der Waals surface area contributed by atoms with Gasteiger partial charge in [0.15, 0.2) is 17.2 Å². The van der Waals surface area contributed by atoms with E-state index in [9.17, 15) is 18.4 Å². The summed E-state index contributed by atoms with van der Waals surface area (Å²) in [5.74, 6) is -4.48. The molecule has 2 fully saturated rings. The molecule has 0 aliphatic carbocycles. The highest BCUT2D eigenvalue weighted by molar-refractivity contribution is 6.30.